The number of para-hydroxylation sites is 1. The molecule has 0 bridgehead atoms. The molecule has 2 N–H and O–H groups in total. The van der Waals surface area contributed by atoms with Crippen LogP contribution in [0.3, 0.4) is 0 Å². The second-order valence-corrected chi connectivity index (χ2v) is 5.04. The van der Waals surface area contributed by atoms with E-state index in [1.807, 2.05) is 30.3 Å². The maximum atomic E-state index is 12.7. The topological polar surface area (TPSA) is 70.1 Å². The Labute approximate surface area is 113 Å². The molecule has 1 aromatic rings. The molecule has 1 fully saturated rings. The van der Waals surface area contributed by atoms with Crippen LogP contribution in [-0.4, -0.2) is 19.0 Å². The highest BCUT2D eigenvalue weighted by atomic mass is 16.2. The van der Waals surface area contributed by atoms with Crippen molar-refractivity contribution in [2.45, 2.75) is 25.7 Å². The van der Waals surface area contributed by atoms with Crippen LogP contribution in [0.25, 0.3) is 0 Å². The van der Waals surface area contributed by atoms with Crippen LogP contribution >= 0.6 is 0 Å². The van der Waals surface area contributed by atoms with Crippen LogP contribution in [0.15, 0.2) is 30.3 Å². The molecule has 1 saturated carbocycles. The summed E-state index contributed by atoms with van der Waals surface area (Å²) < 4.78 is 0. The first-order valence-electron chi connectivity index (χ1n) is 6.67. The third kappa shape index (κ3) is 2.61. The van der Waals surface area contributed by atoms with Gasteiger partial charge in [-0.15, -0.1) is 0 Å². The van der Waals surface area contributed by atoms with Gasteiger partial charge in [0.1, 0.15) is 0 Å². The fourth-order valence-electron chi connectivity index (χ4n) is 2.51. The van der Waals surface area contributed by atoms with E-state index < -0.39 is 5.41 Å². The third-order valence-corrected chi connectivity index (χ3v) is 3.92. The highest BCUT2D eigenvalue weighted by Crippen LogP contribution is 2.42. The molecular formula is C15H19N3O. The van der Waals surface area contributed by atoms with Crippen molar-refractivity contribution in [3.8, 4) is 6.07 Å². The van der Waals surface area contributed by atoms with E-state index in [1.54, 1.807) is 4.90 Å². The minimum atomic E-state index is -0.398. The lowest BCUT2D eigenvalue weighted by atomic mass is 9.67. The SMILES string of the molecule is N#CCCN(C(=O)C1(CN)CCC1)c1ccccc1. The molecule has 0 heterocycles. The molecule has 0 atom stereocenters. The largest absolute Gasteiger partial charge is 0.329 e. The third-order valence-electron chi connectivity index (χ3n) is 3.92. The van der Waals surface area contributed by atoms with E-state index >= 15 is 0 Å². The predicted molar refractivity (Wildman–Crippen MR) is 74.4 cm³/mol. The number of anilines is 1. The van der Waals surface area contributed by atoms with Crippen molar-refractivity contribution in [1.82, 2.24) is 0 Å². The van der Waals surface area contributed by atoms with Gasteiger partial charge < -0.3 is 10.6 Å². The van der Waals surface area contributed by atoms with E-state index in [0.29, 0.717) is 19.5 Å². The number of carbonyl (C=O) groups is 1. The van der Waals surface area contributed by atoms with Crippen molar-refractivity contribution in [1.29, 1.82) is 5.26 Å². The molecule has 0 saturated heterocycles. The molecule has 0 radical (unpaired) electrons. The molecule has 1 aliphatic rings. The Morgan fingerprint density at radius 3 is 2.53 bits per heavy atom. The number of hydrogen-bond donors (Lipinski definition) is 1. The minimum absolute atomic E-state index is 0.0719. The second-order valence-electron chi connectivity index (χ2n) is 5.04. The lowest BCUT2D eigenvalue weighted by molar-refractivity contribution is -0.132. The molecule has 0 aromatic heterocycles. The van der Waals surface area contributed by atoms with Crippen LogP contribution < -0.4 is 10.6 Å². The van der Waals surface area contributed by atoms with Crippen molar-refractivity contribution in [2.75, 3.05) is 18.0 Å². The van der Waals surface area contributed by atoms with E-state index in [2.05, 4.69) is 6.07 Å². The summed E-state index contributed by atoms with van der Waals surface area (Å²) in [5.74, 6) is 0.0719. The molecule has 0 aliphatic heterocycles. The maximum Gasteiger partial charge on any atom is 0.234 e. The predicted octanol–water partition coefficient (Wildman–Crippen LogP) is 2.06. The lowest BCUT2D eigenvalue weighted by Crippen LogP contribution is -2.52. The first-order valence-corrected chi connectivity index (χ1v) is 6.67. The van der Waals surface area contributed by atoms with Crippen LogP contribution in [-0.2, 0) is 4.79 Å². The van der Waals surface area contributed by atoms with Crippen molar-refractivity contribution >= 4 is 11.6 Å². The van der Waals surface area contributed by atoms with Crippen LogP contribution in [0.1, 0.15) is 25.7 Å². The molecule has 1 aliphatic carbocycles. The Morgan fingerprint density at radius 1 is 1.37 bits per heavy atom. The smallest absolute Gasteiger partial charge is 0.234 e. The van der Waals surface area contributed by atoms with Gasteiger partial charge in [0.05, 0.1) is 17.9 Å². The molecular weight excluding hydrogens is 238 g/mol. The van der Waals surface area contributed by atoms with Crippen LogP contribution in [0.5, 0.6) is 0 Å². The van der Waals surface area contributed by atoms with Gasteiger partial charge in [0, 0.05) is 18.8 Å². The van der Waals surface area contributed by atoms with Gasteiger partial charge in [-0.1, -0.05) is 24.6 Å². The molecule has 1 amide bonds. The number of hydrogen-bond acceptors (Lipinski definition) is 3. The summed E-state index contributed by atoms with van der Waals surface area (Å²) in [6.45, 7) is 0.822. The summed E-state index contributed by atoms with van der Waals surface area (Å²) >= 11 is 0. The van der Waals surface area contributed by atoms with E-state index in [9.17, 15) is 4.79 Å². The average Bonchev–Trinajstić information content (AvgIpc) is 2.40. The lowest BCUT2D eigenvalue weighted by Gasteiger charge is -2.42. The Bertz CT molecular complexity index is 468. The number of carbonyl (C=O) groups excluding carboxylic acids is 1. The van der Waals surface area contributed by atoms with Gasteiger partial charge in [0.2, 0.25) is 5.91 Å². The van der Waals surface area contributed by atoms with E-state index in [-0.39, 0.29) is 5.91 Å². The molecule has 0 unspecified atom stereocenters. The van der Waals surface area contributed by atoms with Gasteiger partial charge in [-0.3, -0.25) is 4.79 Å². The molecule has 4 nitrogen and oxygen atoms in total. The van der Waals surface area contributed by atoms with E-state index in [1.165, 1.54) is 0 Å². The normalized spacial score (nSPS) is 16.2. The van der Waals surface area contributed by atoms with Crippen molar-refractivity contribution in [2.24, 2.45) is 11.1 Å². The van der Waals surface area contributed by atoms with Crippen LogP contribution in [0, 0.1) is 16.7 Å². The number of nitriles is 1. The summed E-state index contributed by atoms with van der Waals surface area (Å²) in [7, 11) is 0. The number of amides is 1. The zero-order valence-corrected chi connectivity index (χ0v) is 11.0. The van der Waals surface area contributed by atoms with E-state index in [0.717, 1.165) is 24.9 Å². The van der Waals surface area contributed by atoms with Crippen LogP contribution in [0.2, 0.25) is 0 Å². The van der Waals surface area contributed by atoms with Gasteiger partial charge in [0.25, 0.3) is 0 Å². The Kier molecular flexibility index (Phi) is 4.18. The Balaban J connectivity index is 2.23. The number of nitrogens with two attached hydrogens (primary N) is 1. The summed E-state index contributed by atoms with van der Waals surface area (Å²) in [4.78, 5) is 14.4. The number of benzene rings is 1. The molecule has 19 heavy (non-hydrogen) atoms. The van der Waals surface area contributed by atoms with E-state index in [4.69, 9.17) is 11.0 Å². The van der Waals surface area contributed by atoms with Gasteiger partial charge in [-0.2, -0.15) is 5.26 Å². The van der Waals surface area contributed by atoms with Gasteiger partial charge in [0.15, 0.2) is 0 Å². The zero-order chi connectivity index (χ0) is 13.7. The summed E-state index contributed by atoms with van der Waals surface area (Å²) in [5, 5.41) is 8.76. The molecule has 1 aromatic carbocycles. The first-order chi connectivity index (χ1) is 9.23. The quantitative estimate of drug-likeness (QED) is 0.877. The average molecular weight is 257 g/mol. The van der Waals surface area contributed by atoms with Gasteiger partial charge >= 0.3 is 0 Å². The molecule has 100 valence electrons. The second kappa shape index (κ2) is 5.85. The highest BCUT2D eigenvalue weighted by molar-refractivity contribution is 5.98. The summed E-state index contributed by atoms with van der Waals surface area (Å²) in [6, 6.07) is 11.6. The monoisotopic (exact) mass is 257 g/mol. The standard InChI is InChI=1S/C15H19N3O/c16-10-5-11-18(13-6-2-1-3-7-13)14(19)15(12-17)8-4-9-15/h1-3,6-7H,4-5,8-9,11-12,17H2. The van der Waals surface area contributed by atoms with Gasteiger partial charge in [-0.05, 0) is 25.0 Å². The summed E-state index contributed by atoms with van der Waals surface area (Å²) in [6.07, 6.45) is 3.11. The minimum Gasteiger partial charge on any atom is -0.329 e. The van der Waals surface area contributed by atoms with Crippen molar-refractivity contribution < 1.29 is 4.79 Å². The first kappa shape index (κ1) is 13.6. The highest BCUT2D eigenvalue weighted by Gasteiger charge is 2.45. The number of rotatable bonds is 5. The Hall–Kier alpha value is -1.86. The molecule has 2 rings (SSSR count). The fraction of sp³-hybridized carbons (Fsp3) is 0.467. The zero-order valence-electron chi connectivity index (χ0n) is 11.0. The fourth-order valence-corrected chi connectivity index (χ4v) is 2.51. The number of nitrogens with zero attached hydrogens (tertiary/aromatic N) is 2. The summed E-state index contributed by atoms with van der Waals surface area (Å²) in [5.41, 5.74) is 6.25. The van der Waals surface area contributed by atoms with Crippen LogP contribution in [0.4, 0.5) is 5.69 Å². The maximum absolute atomic E-state index is 12.7. The van der Waals surface area contributed by atoms with Crippen molar-refractivity contribution in [3.05, 3.63) is 30.3 Å². The van der Waals surface area contributed by atoms with Gasteiger partial charge in [-0.25, -0.2) is 0 Å². The molecule has 0 spiro atoms. The Morgan fingerprint density at radius 2 is 2.05 bits per heavy atom. The molecule has 4 heteroatoms. The van der Waals surface area contributed by atoms with Crippen molar-refractivity contribution in [3.63, 3.8) is 0 Å².